The molecule has 4 rings (SSSR count). The SMILES string of the molecule is COc1ccc(CCNC(=O)N2CC(c3nc(-c4cccs4)no3)C2)cc1. The van der Waals surface area contributed by atoms with Gasteiger partial charge in [0.15, 0.2) is 0 Å². The Bertz CT molecular complexity index is 886. The number of rotatable bonds is 6. The molecule has 140 valence electrons. The van der Waals surface area contributed by atoms with Crippen LogP contribution in [0.3, 0.4) is 0 Å². The zero-order valence-electron chi connectivity index (χ0n) is 14.9. The summed E-state index contributed by atoms with van der Waals surface area (Å²) in [6.45, 7) is 1.79. The molecule has 1 aromatic carbocycles. The van der Waals surface area contributed by atoms with Crippen LogP contribution >= 0.6 is 11.3 Å². The van der Waals surface area contributed by atoms with Gasteiger partial charge in [-0.3, -0.25) is 0 Å². The molecule has 0 radical (unpaired) electrons. The molecule has 0 unspecified atom stereocenters. The van der Waals surface area contributed by atoms with Crippen LogP contribution in [0.15, 0.2) is 46.3 Å². The second-order valence-corrected chi connectivity index (χ2v) is 7.31. The van der Waals surface area contributed by atoms with Gasteiger partial charge >= 0.3 is 6.03 Å². The van der Waals surface area contributed by atoms with Crippen LogP contribution in [-0.4, -0.2) is 47.8 Å². The van der Waals surface area contributed by atoms with E-state index in [-0.39, 0.29) is 11.9 Å². The van der Waals surface area contributed by atoms with Gasteiger partial charge in [0, 0.05) is 19.6 Å². The molecule has 8 heteroatoms. The van der Waals surface area contributed by atoms with Crippen LogP contribution in [0.25, 0.3) is 10.7 Å². The number of urea groups is 1. The van der Waals surface area contributed by atoms with Crippen LogP contribution in [0.2, 0.25) is 0 Å². The molecule has 0 saturated carbocycles. The predicted octanol–water partition coefficient (Wildman–Crippen LogP) is 3.16. The van der Waals surface area contributed by atoms with Crippen molar-refractivity contribution in [3.63, 3.8) is 0 Å². The quantitative estimate of drug-likeness (QED) is 0.706. The Kier molecular flexibility index (Phi) is 5.06. The van der Waals surface area contributed by atoms with E-state index in [2.05, 4.69) is 15.5 Å². The van der Waals surface area contributed by atoms with Crippen LogP contribution in [0.1, 0.15) is 17.4 Å². The van der Waals surface area contributed by atoms with E-state index in [1.54, 1.807) is 23.3 Å². The minimum atomic E-state index is -0.0576. The number of thiophene rings is 1. The van der Waals surface area contributed by atoms with E-state index < -0.39 is 0 Å². The third-order valence-corrected chi connectivity index (χ3v) is 5.42. The molecule has 0 bridgehead atoms. The topological polar surface area (TPSA) is 80.5 Å². The van der Waals surface area contributed by atoms with Crippen molar-refractivity contribution in [1.82, 2.24) is 20.4 Å². The van der Waals surface area contributed by atoms with Crippen molar-refractivity contribution in [2.75, 3.05) is 26.7 Å². The van der Waals surface area contributed by atoms with E-state index in [9.17, 15) is 4.79 Å². The van der Waals surface area contributed by atoms with Gasteiger partial charge in [-0.2, -0.15) is 4.98 Å². The maximum Gasteiger partial charge on any atom is 0.317 e. The molecule has 2 amide bonds. The van der Waals surface area contributed by atoms with E-state index in [1.165, 1.54) is 0 Å². The summed E-state index contributed by atoms with van der Waals surface area (Å²) in [6.07, 6.45) is 0.779. The smallest absolute Gasteiger partial charge is 0.317 e. The molecule has 1 fully saturated rings. The number of ether oxygens (including phenoxy) is 1. The molecular weight excluding hydrogens is 364 g/mol. The predicted molar refractivity (Wildman–Crippen MR) is 102 cm³/mol. The highest BCUT2D eigenvalue weighted by Gasteiger charge is 2.35. The first kappa shape index (κ1) is 17.5. The maximum absolute atomic E-state index is 12.2. The number of nitrogens with one attached hydrogen (secondary N) is 1. The summed E-state index contributed by atoms with van der Waals surface area (Å²) >= 11 is 1.57. The number of benzene rings is 1. The number of methoxy groups -OCH3 is 1. The summed E-state index contributed by atoms with van der Waals surface area (Å²) in [5, 5.41) is 8.95. The number of aromatic nitrogens is 2. The molecule has 0 atom stereocenters. The summed E-state index contributed by atoms with van der Waals surface area (Å²) in [5.74, 6) is 2.15. The van der Waals surface area contributed by atoms with Crippen molar-refractivity contribution in [2.45, 2.75) is 12.3 Å². The molecule has 1 aliphatic rings. The second-order valence-electron chi connectivity index (χ2n) is 6.37. The molecule has 2 aromatic heterocycles. The van der Waals surface area contributed by atoms with Crippen molar-refractivity contribution < 1.29 is 14.1 Å². The average molecular weight is 384 g/mol. The van der Waals surface area contributed by atoms with Gasteiger partial charge in [0.05, 0.1) is 17.9 Å². The highest BCUT2D eigenvalue weighted by Crippen LogP contribution is 2.28. The number of likely N-dealkylation sites (tertiary alicyclic amines) is 1. The van der Waals surface area contributed by atoms with Crippen molar-refractivity contribution >= 4 is 17.4 Å². The lowest BCUT2D eigenvalue weighted by molar-refractivity contribution is 0.137. The Morgan fingerprint density at radius 2 is 2.15 bits per heavy atom. The fourth-order valence-corrected chi connectivity index (χ4v) is 3.57. The minimum Gasteiger partial charge on any atom is -0.497 e. The highest BCUT2D eigenvalue weighted by atomic mass is 32.1. The van der Waals surface area contributed by atoms with Crippen molar-refractivity contribution in [3.05, 3.63) is 53.2 Å². The summed E-state index contributed by atoms with van der Waals surface area (Å²) < 4.78 is 10.5. The van der Waals surface area contributed by atoms with Crippen molar-refractivity contribution in [2.24, 2.45) is 0 Å². The fourth-order valence-electron chi connectivity index (χ4n) is 2.93. The molecule has 3 heterocycles. The van der Waals surface area contributed by atoms with Gasteiger partial charge < -0.3 is 19.5 Å². The number of nitrogens with zero attached hydrogens (tertiary/aromatic N) is 3. The van der Waals surface area contributed by atoms with E-state index in [1.807, 2.05) is 41.8 Å². The Morgan fingerprint density at radius 1 is 1.33 bits per heavy atom. The van der Waals surface area contributed by atoms with Crippen molar-refractivity contribution in [3.8, 4) is 16.5 Å². The van der Waals surface area contributed by atoms with Crippen LogP contribution < -0.4 is 10.1 Å². The molecule has 3 aromatic rings. The number of hydrogen-bond acceptors (Lipinski definition) is 6. The molecule has 1 aliphatic heterocycles. The number of amides is 2. The Balaban J connectivity index is 1.21. The largest absolute Gasteiger partial charge is 0.497 e. The first-order valence-electron chi connectivity index (χ1n) is 8.76. The van der Waals surface area contributed by atoms with Gasteiger partial charge in [-0.05, 0) is 35.6 Å². The summed E-state index contributed by atoms with van der Waals surface area (Å²) in [4.78, 5) is 19.4. The highest BCUT2D eigenvalue weighted by molar-refractivity contribution is 7.13. The van der Waals surface area contributed by atoms with Gasteiger partial charge in [0.25, 0.3) is 0 Å². The van der Waals surface area contributed by atoms with Gasteiger partial charge in [0.1, 0.15) is 5.75 Å². The second kappa shape index (κ2) is 7.79. The minimum absolute atomic E-state index is 0.0576. The number of carbonyl (C=O) groups excluding carboxylic acids is 1. The van der Waals surface area contributed by atoms with E-state index in [0.717, 1.165) is 22.6 Å². The molecular formula is C19H20N4O3S. The Labute approximate surface area is 161 Å². The molecule has 1 saturated heterocycles. The van der Waals surface area contributed by atoms with Crippen LogP contribution in [0, 0.1) is 0 Å². The molecule has 0 aliphatic carbocycles. The average Bonchev–Trinajstić information content (AvgIpc) is 3.33. The standard InChI is InChI=1S/C19H20N4O3S/c1-25-15-6-4-13(5-7-15)8-9-20-19(24)23-11-14(12-23)18-21-17(22-26-18)16-3-2-10-27-16/h2-7,10,14H,8-9,11-12H2,1H3,(H,20,24). The molecule has 1 N–H and O–H groups in total. The first-order valence-corrected chi connectivity index (χ1v) is 9.64. The summed E-state index contributed by atoms with van der Waals surface area (Å²) in [5.41, 5.74) is 1.16. The van der Waals surface area contributed by atoms with Gasteiger partial charge in [-0.15, -0.1) is 11.3 Å². The monoisotopic (exact) mass is 384 g/mol. The van der Waals surface area contributed by atoms with Gasteiger partial charge in [-0.25, -0.2) is 4.79 Å². The third kappa shape index (κ3) is 3.95. The van der Waals surface area contributed by atoms with E-state index in [0.29, 0.717) is 31.3 Å². The maximum atomic E-state index is 12.2. The Morgan fingerprint density at radius 3 is 2.85 bits per heavy atom. The van der Waals surface area contributed by atoms with Gasteiger partial charge in [0.2, 0.25) is 11.7 Å². The zero-order chi connectivity index (χ0) is 18.6. The van der Waals surface area contributed by atoms with E-state index in [4.69, 9.17) is 9.26 Å². The lowest BCUT2D eigenvalue weighted by Gasteiger charge is -2.36. The van der Waals surface area contributed by atoms with E-state index >= 15 is 0 Å². The zero-order valence-corrected chi connectivity index (χ0v) is 15.7. The van der Waals surface area contributed by atoms with Crippen LogP contribution in [0.5, 0.6) is 5.75 Å². The lowest BCUT2D eigenvalue weighted by Crippen LogP contribution is -2.52. The molecule has 0 spiro atoms. The lowest BCUT2D eigenvalue weighted by atomic mass is 10.0. The summed E-state index contributed by atoms with van der Waals surface area (Å²) in [6, 6.07) is 11.7. The summed E-state index contributed by atoms with van der Waals surface area (Å²) in [7, 11) is 1.65. The molecule has 27 heavy (non-hydrogen) atoms. The van der Waals surface area contributed by atoms with Crippen LogP contribution in [0.4, 0.5) is 4.79 Å². The normalized spacial score (nSPS) is 14.0. The van der Waals surface area contributed by atoms with Gasteiger partial charge in [-0.1, -0.05) is 23.4 Å². The number of hydrogen-bond donors (Lipinski definition) is 1. The number of carbonyl (C=O) groups is 1. The Hall–Kier alpha value is -2.87. The first-order chi connectivity index (χ1) is 13.2. The van der Waals surface area contributed by atoms with Crippen LogP contribution in [-0.2, 0) is 6.42 Å². The fraction of sp³-hybridized carbons (Fsp3) is 0.316. The van der Waals surface area contributed by atoms with Crippen molar-refractivity contribution in [1.29, 1.82) is 0 Å². The third-order valence-electron chi connectivity index (χ3n) is 4.55. The molecule has 7 nitrogen and oxygen atoms in total.